The maximum absolute atomic E-state index is 13.4. The van der Waals surface area contributed by atoms with Crippen molar-refractivity contribution < 1.29 is 17.9 Å². The van der Waals surface area contributed by atoms with Crippen molar-refractivity contribution in [3.63, 3.8) is 0 Å². The molecule has 0 unspecified atom stereocenters. The Labute approximate surface area is 146 Å². The Morgan fingerprint density at radius 3 is 2.52 bits per heavy atom. The van der Waals surface area contributed by atoms with E-state index in [9.17, 15) is 13.2 Å². The van der Waals surface area contributed by atoms with Crippen LogP contribution >= 0.6 is 0 Å². The summed E-state index contributed by atoms with van der Waals surface area (Å²) in [6, 6.07) is 4.69. The maximum Gasteiger partial charge on any atom is 0.387 e. The minimum atomic E-state index is -2.92. The highest BCUT2D eigenvalue weighted by Crippen LogP contribution is 2.44. The molecule has 3 aliphatic rings. The minimum absolute atomic E-state index is 0.00573. The van der Waals surface area contributed by atoms with Crippen molar-refractivity contribution in [2.24, 2.45) is 5.41 Å². The number of benzene rings is 1. The summed E-state index contributed by atoms with van der Waals surface area (Å²) < 4.78 is 43.2. The molecule has 25 heavy (non-hydrogen) atoms. The lowest BCUT2D eigenvalue weighted by atomic mass is 9.80. The van der Waals surface area contributed by atoms with Crippen LogP contribution in [0.1, 0.15) is 43.6 Å². The zero-order valence-electron chi connectivity index (χ0n) is 14.3. The molecule has 4 rings (SSSR count). The molecule has 6 heteroatoms. The van der Waals surface area contributed by atoms with Gasteiger partial charge in [-0.05, 0) is 68.2 Å². The molecule has 1 saturated carbocycles. The van der Waals surface area contributed by atoms with E-state index in [1.165, 1.54) is 25.3 Å². The second-order valence-electron chi connectivity index (χ2n) is 7.87. The average molecular weight is 354 g/mol. The van der Waals surface area contributed by atoms with Crippen LogP contribution in [0.2, 0.25) is 0 Å². The number of rotatable bonds is 4. The number of likely N-dealkylation sites (tertiary alicyclic amines) is 1. The molecule has 1 N–H and O–H groups in total. The molecule has 0 aromatic heterocycles. The molecule has 0 amide bonds. The van der Waals surface area contributed by atoms with Gasteiger partial charge in [-0.3, -0.25) is 0 Å². The number of alkyl halides is 2. The van der Waals surface area contributed by atoms with Gasteiger partial charge in [0, 0.05) is 25.2 Å². The standard InChI is InChI=1S/C19H25F3N2O/c20-14-1-2-16(17(9-14)25-18(21)22)13-4-7-24(8-5-13)15-3-6-19(10-15)11-23-12-19/h1-2,9,13,15,18,23H,3-8,10-12H2/t15-/m1/s1. The summed E-state index contributed by atoms with van der Waals surface area (Å²) in [7, 11) is 0. The van der Waals surface area contributed by atoms with Crippen LogP contribution in [0, 0.1) is 11.2 Å². The third-order valence-corrected chi connectivity index (χ3v) is 6.35. The van der Waals surface area contributed by atoms with Crippen LogP contribution in [-0.2, 0) is 0 Å². The summed E-state index contributed by atoms with van der Waals surface area (Å²) in [4.78, 5) is 2.57. The third kappa shape index (κ3) is 3.51. The average Bonchev–Trinajstić information content (AvgIpc) is 3.01. The van der Waals surface area contributed by atoms with E-state index in [2.05, 4.69) is 15.0 Å². The van der Waals surface area contributed by atoms with E-state index in [4.69, 9.17) is 0 Å². The van der Waals surface area contributed by atoms with Crippen LogP contribution in [0.25, 0.3) is 0 Å². The van der Waals surface area contributed by atoms with E-state index >= 15 is 0 Å². The first-order valence-corrected chi connectivity index (χ1v) is 9.24. The molecule has 1 atom stereocenters. The summed E-state index contributed by atoms with van der Waals surface area (Å²) in [6.45, 7) is 1.34. The van der Waals surface area contributed by atoms with Crippen LogP contribution in [0.4, 0.5) is 13.2 Å². The predicted molar refractivity (Wildman–Crippen MR) is 89.5 cm³/mol. The Kier molecular flexibility index (Phi) is 4.67. The number of hydrogen-bond acceptors (Lipinski definition) is 3. The number of hydrogen-bond donors (Lipinski definition) is 1. The summed E-state index contributed by atoms with van der Waals surface area (Å²) in [5, 5.41) is 3.40. The van der Waals surface area contributed by atoms with Crippen molar-refractivity contribution >= 4 is 0 Å². The van der Waals surface area contributed by atoms with Crippen molar-refractivity contribution in [3.8, 4) is 5.75 Å². The maximum atomic E-state index is 13.4. The highest BCUT2D eigenvalue weighted by atomic mass is 19.3. The van der Waals surface area contributed by atoms with E-state index in [-0.39, 0.29) is 11.7 Å². The van der Waals surface area contributed by atoms with Crippen LogP contribution < -0.4 is 10.1 Å². The fraction of sp³-hybridized carbons (Fsp3) is 0.684. The predicted octanol–water partition coefficient (Wildman–Crippen LogP) is 3.75. The second-order valence-corrected chi connectivity index (χ2v) is 7.87. The summed E-state index contributed by atoms with van der Waals surface area (Å²) in [5.41, 5.74) is 1.25. The molecular formula is C19H25F3N2O. The van der Waals surface area contributed by atoms with Gasteiger partial charge < -0.3 is 15.0 Å². The molecule has 1 aromatic carbocycles. The monoisotopic (exact) mass is 354 g/mol. The molecule has 3 nitrogen and oxygen atoms in total. The summed E-state index contributed by atoms with van der Waals surface area (Å²) in [5.74, 6) is -0.387. The van der Waals surface area contributed by atoms with Gasteiger partial charge in [0.2, 0.25) is 0 Å². The SMILES string of the molecule is Fc1ccc(C2CCN([C@@H]3CCC4(CNC4)C3)CC2)c(OC(F)F)c1. The van der Waals surface area contributed by atoms with E-state index < -0.39 is 12.4 Å². The first-order chi connectivity index (χ1) is 12.0. The van der Waals surface area contributed by atoms with Crippen molar-refractivity contribution in [2.75, 3.05) is 26.2 Å². The minimum Gasteiger partial charge on any atom is -0.434 e. The van der Waals surface area contributed by atoms with Gasteiger partial charge in [-0.15, -0.1) is 0 Å². The number of piperidine rings is 1. The van der Waals surface area contributed by atoms with Crippen LogP contribution in [0.3, 0.4) is 0 Å². The number of ether oxygens (including phenoxy) is 1. The lowest BCUT2D eigenvalue weighted by molar-refractivity contribution is -0.0509. The lowest BCUT2D eigenvalue weighted by Crippen LogP contribution is -2.52. The Morgan fingerprint density at radius 2 is 1.92 bits per heavy atom. The van der Waals surface area contributed by atoms with Crippen molar-refractivity contribution in [3.05, 3.63) is 29.6 Å². The zero-order valence-corrected chi connectivity index (χ0v) is 14.3. The molecule has 138 valence electrons. The van der Waals surface area contributed by atoms with Gasteiger partial charge in [-0.25, -0.2) is 4.39 Å². The van der Waals surface area contributed by atoms with E-state index in [0.717, 1.165) is 45.1 Å². The zero-order chi connectivity index (χ0) is 17.4. The highest BCUT2D eigenvalue weighted by molar-refractivity contribution is 5.37. The first kappa shape index (κ1) is 17.2. The molecule has 1 aliphatic carbocycles. The van der Waals surface area contributed by atoms with Crippen molar-refractivity contribution in [1.29, 1.82) is 0 Å². The molecule has 2 aliphatic heterocycles. The molecule has 1 spiro atoms. The normalized spacial score (nSPS) is 27.0. The first-order valence-electron chi connectivity index (χ1n) is 9.24. The summed E-state index contributed by atoms with van der Waals surface area (Å²) in [6.07, 6.45) is 5.68. The number of nitrogens with one attached hydrogen (secondary N) is 1. The highest BCUT2D eigenvalue weighted by Gasteiger charge is 2.45. The van der Waals surface area contributed by atoms with Gasteiger partial charge in [0.25, 0.3) is 0 Å². The van der Waals surface area contributed by atoms with Crippen molar-refractivity contribution in [2.45, 2.75) is 50.7 Å². The topological polar surface area (TPSA) is 24.5 Å². The second kappa shape index (κ2) is 6.80. The van der Waals surface area contributed by atoms with E-state index in [1.807, 2.05) is 0 Å². The van der Waals surface area contributed by atoms with Gasteiger partial charge in [-0.1, -0.05) is 6.07 Å². The number of nitrogens with zero attached hydrogens (tertiary/aromatic N) is 1. The lowest BCUT2D eigenvalue weighted by Gasteiger charge is -2.41. The van der Waals surface area contributed by atoms with Crippen LogP contribution in [0.15, 0.2) is 18.2 Å². The smallest absolute Gasteiger partial charge is 0.387 e. The Morgan fingerprint density at radius 1 is 1.16 bits per heavy atom. The largest absolute Gasteiger partial charge is 0.434 e. The molecule has 2 saturated heterocycles. The fourth-order valence-electron chi connectivity index (χ4n) is 4.91. The molecule has 3 fully saturated rings. The summed E-state index contributed by atoms with van der Waals surface area (Å²) >= 11 is 0. The molecule has 2 heterocycles. The van der Waals surface area contributed by atoms with E-state index in [0.29, 0.717) is 17.0 Å². The van der Waals surface area contributed by atoms with Crippen molar-refractivity contribution in [1.82, 2.24) is 10.2 Å². The van der Waals surface area contributed by atoms with Gasteiger partial charge in [-0.2, -0.15) is 8.78 Å². The Bertz CT molecular complexity index is 613. The molecular weight excluding hydrogens is 329 g/mol. The van der Waals surface area contributed by atoms with Gasteiger partial charge in [0.15, 0.2) is 0 Å². The van der Waals surface area contributed by atoms with Gasteiger partial charge in [0.1, 0.15) is 11.6 Å². The van der Waals surface area contributed by atoms with Gasteiger partial charge in [0.05, 0.1) is 0 Å². The van der Waals surface area contributed by atoms with Crippen LogP contribution in [0.5, 0.6) is 5.75 Å². The Balaban J connectivity index is 1.39. The fourth-order valence-corrected chi connectivity index (χ4v) is 4.91. The molecule has 1 aromatic rings. The Hall–Kier alpha value is -1.27. The van der Waals surface area contributed by atoms with E-state index in [1.54, 1.807) is 6.07 Å². The van der Waals surface area contributed by atoms with Crippen LogP contribution in [-0.4, -0.2) is 43.7 Å². The molecule has 0 radical (unpaired) electrons. The third-order valence-electron chi connectivity index (χ3n) is 6.35. The number of halogens is 3. The van der Waals surface area contributed by atoms with Gasteiger partial charge >= 0.3 is 6.61 Å². The molecule has 0 bridgehead atoms. The quantitative estimate of drug-likeness (QED) is 0.891.